The van der Waals surface area contributed by atoms with Crippen molar-refractivity contribution in [3.63, 3.8) is 0 Å². The molecule has 2 aromatic carbocycles. The summed E-state index contributed by atoms with van der Waals surface area (Å²) in [5, 5.41) is 0.888. The second kappa shape index (κ2) is 12.9. The van der Waals surface area contributed by atoms with Gasteiger partial charge < -0.3 is 14.4 Å². The Balaban J connectivity index is 1.41. The van der Waals surface area contributed by atoms with E-state index in [9.17, 15) is 18.0 Å². The minimum Gasteiger partial charge on any atom is -0.490 e. The predicted molar refractivity (Wildman–Crippen MR) is 142 cm³/mol. The summed E-state index contributed by atoms with van der Waals surface area (Å²) in [5.74, 6) is 0.325. The molecule has 0 saturated carbocycles. The number of likely N-dealkylation sites (tertiary alicyclic amines) is 1. The molecule has 0 N–H and O–H groups in total. The molecule has 0 bridgehead atoms. The van der Waals surface area contributed by atoms with Gasteiger partial charge in [-0.25, -0.2) is 0 Å². The van der Waals surface area contributed by atoms with E-state index >= 15 is 0 Å². The van der Waals surface area contributed by atoms with Gasteiger partial charge in [-0.2, -0.15) is 13.2 Å². The van der Waals surface area contributed by atoms with Crippen LogP contribution in [0.15, 0.2) is 42.5 Å². The summed E-state index contributed by atoms with van der Waals surface area (Å²) in [5.41, 5.74) is 0.229. The van der Waals surface area contributed by atoms with Crippen molar-refractivity contribution in [3.8, 4) is 5.75 Å². The van der Waals surface area contributed by atoms with E-state index < -0.39 is 11.7 Å². The maximum absolute atomic E-state index is 13.2. The number of hydrogen-bond acceptors (Lipinski definition) is 4. The first-order valence-corrected chi connectivity index (χ1v) is 13.7. The van der Waals surface area contributed by atoms with Crippen molar-refractivity contribution in [2.75, 3.05) is 45.9 Å². The molecule has 2 aromatic rings. The van der Waals surface area contributed by atoms with Gasteiger partial charge >= 0.3 is 6.18 Å². The predicted octanol–water partition coefficient (Wildman–Crippen LogP) is 6.52. The van der Waals surface area contributed by atoms with Gasteiger partial charge in [0, 0.05) is 44.4 Å². The number of hydrogen-bond donors (Lipinski definition) is 0. The Morgan fingerprint density at radius 1 is 1.05 bits per heavy atom. The number of halogens is 5. The van der Waals surface area contributed by atoms with E-state index in [4.69, 9.17) is 32.7 Å². The summed E-state index contributed by atoms with van der Waals surface area (Å²) >= 11 is 12.4. The van der Waals surface area contributed by atoms with Crippen LogP contribution in [0.4, 0.5) is 13.2 Å². The molecule has 2 saturated heterocycles. The van der Waals surface area contributed by atoms with Gasteiger partial charge in [-0.3, -0.25) is 9.69 Å². The lowest BCUT2D eigenvalue weighted by molar-refractivity contribution is -0.137. The van der Waals surface area contributed by atoms with Crippen LogP contribution in [0.25, 0.3) is 0 Å². The average Bonchev–Trinajstić information content (AvgIpc) is 3.34. The molecule has 0 unspecified atom stereocenters. The topological polar surface area (TPSA) is 42.0 Å². The maximum Gasteiger partial charge on any atom is 0.416 e. The molecule has 1 amide bonds. The van der Waals surface area contributed by atoms with E-state index in [1.807, 2.05) is 24.0 Å². The van der Waals surface area contributed by atoms with E-state index in [0.29, 0.717) is 35.3 Å². The average molecular weight is 573 g/mol. The first-order chi connectivity index (χ1) is 18.1. The van der Waals surface area contributed by atoms with Crippen molar-refractivity contribution in [2.24, 2.45) is 5.92 Å². The molecule has 2 fully saturated rings. The number of benzene rings is 2. The Morgan fingerprint density at radius 2 is 1.76 bits per heavy atom. The minimum atomic E-state index is -4.41. The standard InChI is InChI=1S/C28H33Cl2F3N2O3/c1-19(38-22-8-6-21(7-9-22)28(31,32)33)23-17-35(18-24(23)20-5-10-25(29)26(30)16-20)27(36)4-2-3-11-34-12-14-37-15-13-34/h5-10,16,19,23-24H,2-4,11-15,17-18H2,1H3/t19-,23+,24+/m1/s1. The molecule has 2 heterocycles. The summed E-state index contributed by atoms with van der Waals surface area (Å²) in [4.78, 5) is 17.4. The fraction of sp³-hybridized carbons (Fsp3) is 0.536. The summed E-state index contributed by atoms with van der Waals surface area (Å²) < 4.78 is 50.3. The second-order valence-corrected chi connectivity index (χ2v) is 10.8. The Labute approximate surface area is 231 Å². The lowest BCUT2D eigenvalue weighted by atomic mass is 9.85. The molecule has 0 spiro atoms. The summed E-state index contributed by atoms with van der Waals surface area (Å²) in [7, 11) is 0. The lowest BCUT2D eigenvalue weighted by Crippen LogP contribution is -2.37. The number of amides is 1. The SMILES string of the molecule is C[C@@H](Oc1ccc(C(F)(F)F)cc1)[C@@H]1CN(C(=O)CCCCN2CCOCC2)C[C@H]1c1ccc(Cl)c(Cl)c1. The molecule has 3 atom stereocenters. The van der Waals surface area contributed by atoms with Gasteiger partial charge in [0.25, 0.3) is 0 Å². The van der Waals surface area contributed by atoms with Crippen LogP contribution in [0.2, 0.25) is 10.0 Å². The van der Waals surface area contributed by atoms with Crippen LogP contribution in [0.1, 0.15) is 43.2 Å². The first kappa shape index (κ1) is 29.0. The zero-order valence-electron chi connectivity index (χ0n) is 21.4. The van der Waals surface area contributed by atoms with E-state index in [-0.39, 0.29) is 23.8 Å². The van der Waals surface area contributed by atoms with Crippen molar-refractivity contribution < 1.29 is 27.4 Å². The summed E-state index contributed by atoms with van der Waals surface area (Å²) in [6, 6.07) is 10.2. The monoisotopic (exact) mass is 572 g/mol. The smallest absolute Gasteiger partial charge is 0.416 e. The molecule has 4 rings (SSSR count). The maximum atomic E-state index is 13.2. The molecule has 0 aliphatic carbocycles. The summed E-state index contributed by atoms with van der Waals surface area (Å²) in [6.45, 7) is 7.26. The van der Waals surface area contributed by atoms with Crippen LogP contribution in [-0.4, -0.2) is 67.7 Å². The highest BCUT2D eigenvalue weighted by atomic mass is 35.5. The Bertz CT molecular complexity index is 1080. The number of unbranched alkanes of at least 4 members (excludes halogenated alkanes) is 1. The van der Waals surface area contributed by atoms with Crippen molar-refractivity contribution >= 4 is 29.1 Å². The molecule has 0 aromatic heterocycles. The van der Waals surface area contributed by atoms with Gasteiger partial charge in [0.1, 0.15) is 11.9 Å². The van der Waals surface area contributed by atoms with Crippen molar-refractivity contribution in [1.29, 1.82) is 0 Å². The number of ether oxygens (including phenoxy) is 2. The normalized spacial score (nSPS) is 21.5. The van der Waals surface area contributed by atoms with Crippen molar-refractivity contribution in [3.05, 3.63) is 63.6 Å². The number of alkyl halides is 3. The van der Waals surface area contributed by atoms with E-state index in [0.717, 1.165) is 63.4 Å². The third-order valence-corrected chi connectivity index (χ3v) is 8.15. The van der Waals surface area contributed by atoms with Crippen molar-refractivity contribution in [2.45, 2.75) is 44.4 Å². The van der Waals surface area contributed by atoms with Crippen LogP contribution in [0, 0.1) is 5.92 Å². The Morgan fingerprint density at radius 3 is 2.42 bits per heavy atom. The number of morpholine rings is 1. The largest absolute Gasteiger partial charge is 0.490 e. The Hall–Kier alpha value is -2.00. The first-order valence-electron chi connectivity index (χ1n) is 13.0. The second-order valence-electron chi connectivity index (χ2n) is 10.00. The molecule has 10 heteroatoms. The fourth-order valence-corrected chi connectivity index (χ4v) is 5.53. The van der Waals surface area contributed by atoms with Crippen LogP contribution in [0.5, 0.6) is 5.75 Å². The molecule has 5 nitrogen and oxygen atoms in total. The molecule has 2 aliphatic rings. The zero-order valence-corrected chi connectivity index (χ0v) is 22.9. The molecular formula is C28H33Cl2F3N2O3. The van der Waals surface area contributed by atoms with Crippen LogP contribution >= 0.6 is 23.2 Å². The van der Waals surface area contributed by atoms with Crippen LogP contribution in [0.3, 0.4) is 0 Å². The fourth-order valence-electron chi connectivity index (χ4n) is 5.22. The molecule has 2 aliphatic heterocycles. The van der Waals surface area contributed by atoms with Crippen LogP contribution < -0.4 is 4.74 Å². The van der Waals surface area contributed by atoms with E-state index in [1.165, 1.54) is 12.1 Å². The van der Waals surface area contributed by atoms with Gasteiger partial charge in [-0.1, -0.05) is 29.3 Å². The zero-order chi connectivity index (χ0) is 27.3. The van der Waals surface area contributed by atoms with E-state index in [1.54, 1.807) is 6.07 Å². The number of carbonyl (C=O) groups excluding carboxylic acids is 1. The third-order valence-electron chi connectivity index (χ3n) is 7.41. The number of carbonyl (C=O) groups is 1. The summed E-state index contributed by atoms with van der Waals surface area (Å²) in [6.07, 6.45) is -2.53. The van der Waals surface area contributed by atoms with Crippen molar-refractivity contribution in [1.82, 2.24) is 9.80 Å². The van der Waals surface area contributed by atoms with Gasteiger partial charge in [-0.05, 0) is 68.3 Å². The molecule has 0 radical (unpaired) electrons. The molecule has 38 heavy (non-hydrogen) atoms. The van der Waals surface area contributed by atoms with Gasteiger partial charge in [-0.15, -0.1) is 0 Å². The lowest BCUT2D eigenvalue weighted by Gasteiger charge is -2.26. The molecule has 208 valence electrons. The highest BCUT2D eigenvalue weighted by Crippen LogP contribution is 2.39. The highest BCUT2D eigenvalue weighted by molar-refractivity contribution is 6.42. The highest BCUT2D eigenvalue weighted by Gasteiger charge is 2.40. The van der Waals surface area contributed by atoms with Gasteiger partial charge in [0.15, 0.2) is 0 Å². The molecular weight excluding hydrogens is 540 g/mol. The Kier molecular flexibility index (Phi) is 9.84. The van der Waals surface area contributed by atoms with E-state index in [2.05, 4.69) is 4.90 Å². The minimum absolute atomic E-state index is 0.0495. The third kappa shape index (κ3) is 7.56. The quantitative estimate of drug-likeness (QED) is 0.320. The number of nitrogens with zero attached hydrogens (tertiary/aromatic N) is 2. The van der Waals surface area contributed by atoms with Gasteiger partial charge in [0.05, 0.1) is 28.8 Å². The van der Waals surface area contributed by atoms with Gasteiger partial charge in [0.2, 0.25) is 5.91 Å². The van der Waals surface area contributed by atoms with Crippen LogP contribution in [-0.2, 0) is 15.7 Å². The number of rotatable bonds is 9.